The highest BCUT2D eigenvalue weighted by atomic mass is 32.2. The number of benzene rings is 2. The predicted molar refractivity (Wildman–Crippen MR) is 87.8 cm³/mol. The molecule has 0 spiro atoms. The van der Waals surface area contributed by atoms with E-state index in [4.69, 9.17) is 4.74 Å². The van der Waals surface area contributed by atoms with E-state index in [1.54, 1.807) is 20.1 Å². The molecule has 0 fully saturated rings. The lowest BCUT2D eigenvalue weighted by Crippen LogP contribution is -2.26. The van der Waals surface area contributed by atoms with Crippen molar-refractivity contribution in [2.45, 2.75) is 25.2 Å². The molecule has 0 heterocycles. The van der Waals surface area contributed by atoms with E-state index in [0.29, 0.717) is 17.9 Å². The number of nitrogens with one attached hydrogen (secondary N) is 1. The van der Waals surface area contributed by atoms with Crippen molar-refractivity contribution >= 4 is 10.0 Å². The van der Waals surface area contributed by atoms with Crippen LogP contribution in [0.3, 0.4) is 0 Å². The standard InChI is InChI=1S/C17H21NO3S/c1-13-8-9-14(2)17(12-13)22(19,20)18-11-10-15-6-4-5-7-16(15)21-3/h4-9,12,18H,10-11H2,1-3H3. The Labute approximate surface area is 132 Å². The number of sulfonamides is 1. The minimum absolute atomic E-state index is 0.329. The number of hydrogen-bond acceptors (Lipinski definition) is 3. The van der Waals surface area contributed by atoms with E-state index in [-0.39, 0.29) is 0 Å². The molecule has 2 rings (SSSR count). The quantitative estimate of drug-likeness (QED) is 0.891. The molecule has 0 unspecified atom stereocenters. The summed E-state index contributed by atoms with van der Waals surface area (Å²) in [5, 5.41) is 0. The molecule has 0 radical (unpaired) electrons. The van der Waals surface area contributed by atoms with Gasteiger partial charge in [-0.15, -0.1) is 0 Å². The molecule has 0 atom stereocenters. The van der Waals surface area contributed by atoms with E-state index in [2.05, 4.69) is 4.72 Å². The molecule has 0 aliphatic heterocycles. The van der Waals surface area contributed by atoms with Crippen molar-refractivity contribution in [3.05, 3.63) is 59.2 Å². The van der Waals surface area contributed by atoms with Crippen LogP contribution in [0.5, 0.6) is 5.75 Å². The molecule has 118 valence electrons. The molecule has 0 aromatic heterocycles. The van der Waals surface area contributed by atoms with Crippen LogP contribution in [0.4, 0.5) is 0 Å². The van der Waals surface area contributed by atoms with Gasteiger partial charge in [0.25, 0.3) is 0 Å². The van der Waals surface area contributed by atoms with Gasteiger partial charge in [-0.3, -0.25) is 0 Å². The van der Waals surface area contributed by atoms with Crippen molar-refractivity contribution in [1.82, 2.24) is 4.72 Å². The third kappa shape index (κ3) is 3.87. The van der Waals surface area contributed by atoms with E-state index in [0.717, 1.165) is 22.4 Å². The Morgan fingerprint density at radius 2 is 1.82 bits per heavy atom. The Bertz CT molecular complexity index is 754. The maximum absolute atomic E-state index is 12.4. The lowest BCUT2D eigenvalue weighted by molar-refractivity contribution is 0.409. The van der Waals surface area contributed by atoms with Gasteiger partial charge >= 0.3 is 0 Å². The summed E-state index contributed by atoms with van der Waals surface area (Å²) in [6, 6.07) is 13.0. The first-order valence-corrected chi connectivity index (χ1v) is 8.61. The van der Waals surface area contributed by atoms with E-state index >= 15 is 0 Å². The van der Waals surface area contributed by atoms with E-state index in [1.165, 1.54) is 0 Å². The summed E-state index contributed by atoms with van der Waals surface area (Å²) in [5.74, 6) is 0.772. The number of para-hydroxylation sites is 1. The molecular weight excluding hydrogens is 298 g/mol. The van der Waals surface area contributed by atoms with Gasteiger partial charge < -0.3 is 4.74 Å². The van der Waals surface area contributed by atoms with E-state index in [1.807, 2.05) is 43.3 Å². The Morgan fingerprint density at radius 3 is 2.55 bits per heavy atom. The van der Waals surface area contributed by atoms with Gasteiger partial charge in [0.05, 0.1) is 12.0 Å². The van der Waals surface area contributed by atoms with Crippen molar-refractivity contribution < 1.29 is 13.2 Å². The molecular formula is C17H21NO3S. The van der Waals surface area contributed by atoms with Gasteiger partial charge in [0.2, 0.25) is 10.0 Å². The highest BCUT2D eigenvalue weighted by molar-refractivity contribution is 7.89. The second-order valence-corrected chi connectivity index (χ2v) is 6.96. The Kier molecular flexibility index (Phi) is 5.21. The summed E-state index contributed by atoms with van der Waals surface area (Å²) in [5.41, 5.74) is 2.65. The minimum atomic E-state index is -3.49. The van der Waals surface area contributed by atoms with Gasteiger partial charge in [0, 0.05) is 6.54 Å². The number of aryl methyl sites for hydroxylation is 2. The summed E-state index contributed by atoms with van der Waals surface area (Å²) < 4.78 is 32.7. The van der Waals surface area contributed by atoms with Crippen molar-refractivity contribution in [2.75, 3.05) is 13.7 Å². The van der Waals surface area contributed by atoms with Crippen LogP contribution in [0, 0.1) is 13.8 Å². The first kappa shape index (κ1) is 16.5. The predicted octanol–water partition coefficient (Wildman–Crippen LogP) is 2.83. The summed E-state index contributed by atoms with van der Waals surface area (Å²) in [7, 11) is -1.88. The molecule has 0 aliphatic carbocycles. The zero-order chi connectivity index (χ0) is 16.2. The molecule has 0 saturated carbocycles. The van der Waals surface area contributed by atoms with Crippen molar-refractivity contribution in [1.29, 1.82) is 0 Å². The molecule has 2 aromatic rings. The van der Waals surface area contributed by atoms with Crippen LogP contribution >= 0.6 is 0 Å². The van der Waals surface area contributed by atoms with Gasteiger partial charge in [-0.25, -0.2) is 13.1 Å². The molecule has 4 nitrogen and oxygen atoms in total. The average molecular weight is 319 g/mol. The van der Waals surface area contributed by atoms with Crippen molar-refractivity contribution in [3.8, 4) is 5.75 Å². The van der Waals surface area contributed by atoms with E-state index < -0.39 is 10.0 Å². The van der Waals surface area contributed by atoms with Crippen LogP contribution in [0.1, 0.15) is 16.7 Å². The topological polar surface area (TPSA) is 55.4 Å². The molecule has 22 heavy (non-hydrogen) atoms. The zero-order valence-corrected chi connectivity index (χ0v) is 13.9. The first-order valence-electron chi connectivity index (χ1n) is 7.13. The van der Waals surface area contributed by atoms with Crippen LogP contribution in [-0.2, 0) is 16.4 Å². The summed E-state index contributed by atoms with van der Waals surface area (Å²) in [6.07, 6.45) is 0.577. The van der Waals surface area contributed by atoms with Gasteiger partial charge in [0.1, 0.15) is 5.75 Å². The van der Waals surface area contributed by atoms with Gasteiger partial charge in [-0.05, 0) is 49.1 Å². The maximum Gasteiger partial charge on any atom is 0.240 e. The fraction of sp³-hybridized carbons (Fsp3) is 0.294. The fourth-order valence-electron chi connectivity index (χ4n) is 2.30. The number of rotatable bonds is 6. The molecule has 0 amide bonds. The van der Waals surface area contributed by atoms with Gasteiger partial charge in [-0.2, -0.15) is 0 Å². The molecule has 0 saturated heterocycles. The lowest BCUT2D eigenvalue weighted by atomic mass is 10.1. The SMILES string of the molecule is COc1ccccc1CCNS(=O)(=O)c1cc(C)ccc1C. The summed E-state index contributed by atoms with van der Waals surface area (Å²) in [4.78, 5) is 0.340. The molecule has 0 bridgehead atoms. The average Bonchev–Trinajstić information content (AvgIpc) is 2.50. The third-order valence-corrected chi connectivity index (χ3v) is 5.12. The smallest absolute Gasteiger partial charge is 0.240 e. The van der Waals surface area contributed by atoms with E-state index in [9.17, 15) is 8.42 Å². The van der Waals surface area contributed by atoms with Crippen molar-refractivity contribution in [2.24, 2.45) is 0 Å². The van der Waals surface area contributed by atoms with Crippen molar-refractivity contribution in [3.63, 3.8) is 0 Å². The molecule has 5 heteroatoms. The minimum Gasteiger partial charge on any atom is -0.496 e. The molecule has 2 aromatic carbocycles. The monoisotopic (exact) mass is 319 g/mol. The number of ether oxygens (including phenoxy) is 1. The number of hydrogen-bond donors (Lipinski definition) is 1. The first-order chi connectivity index (χ1) is 10.4. The summed E-state index contributed by atoms with van der Waals surface area (Å²) >= 11 is 0. The largest absolute Gasteiger partial charge is 0.496 e. The van der Waals surface area contributed by atoms with Crippen LogP contribution in [0.25, 0.3) is 0 Å². The Balaban J connectivity index is 2.09. The summed E-state index contributed by atoms with van der Waals surface area (Å²) in [6.45, 7) is 4.01. The lowest BCUT2D eigenvalue weighted by Gasteiger charge is -2.11. The third-order valence-electron chi connectivity index (χ3n) is 3.51. The highest BCUT2D eigenvalue weighted by Gasteiger charge is 2.16. The van der Waals surface area contributed by atoms with Crippen LogP contribution < -0.4 is 9.46 Å². The number of methoxy groups -OCH3 is 1. The molecule has 0 aliphatic rings. The zero-order valence-electron chi connectivity index (χ0n) is 13.1. The Morgan fingerprint density at radius 1 is 1.09 bits per heavy atom. The molecule has 1 N–H and O–H groups in total. The van der Waals surface area contributed by atoms with Gasteiger partial charge in [-0.1, -0.05) is 30.3 Å². The second-order valence-electron chi connectivity index (χ2n) is 5.23. The normalized spacial score (nSPS) is 11.4. The maximum atomic E-state index is 12.4. The van der Waals surface area contributed by atoms with Gasteiger partial charge in [0.15, 0.2) is 0 Å². The van der Waals surface area contributed by atoms with Crippen LogP contribution in [-0.4, -0.2) is 22.1 Å². The fourth-order valence-corrected chi connectivity index (χ4v) is 3.66. The second kappa shape index (κ2) is 6.94. The highest BCUT2D eigenvalue weighted by Crippen LogP contribution is 2.19. The Hall–Kier alpha value is -1.85. The van der Waals surface area contributed by atoms with Crippen LogP contribution in [0.2, 0.25) is 0 Å². The van der Waals surface area contributed by atoms with Crippen LogP contribution in [0.15, 0.2) is 47.4 Å².